The summed E-state index contributed by atoms with van der Waals surface area (Å²) in [6, 6.07) is 22.1. The van der Waals surface area contributed by atoms with E-state index in [2.05, 4.69) is 22.8 Å². The van der Waals surface area contributed by atoms with Crippen molar-refractivity contribution in [3.63, 3.8) is 0 Å². The standard InChI is InChI=1S/C22H23N3O2/c1-15(18-12-11-17-9-5-6-10-19(17)14-18)24-21(26)20(25-22(23)27)13-16-7-3-2-4-8-16/h2-12,14-15,20H,13H2,1H3,(H,24,26)(H3,23,25,27). The molecule has 0 fully saturated rings. The van der Waals surface area contributed by atoms with E-state index >= 15 is 0 Å². The van der Waals surface area contributed by atoms with Crippen LogP contribution in [0.3, 0.4) is 0 Å². The van der Waals surface area contributed by atoms with Gasteiger partial charge in [-0.2, -0.15) is 0 Å². The SMILES string of the molecule is CC(NC(=O)C(Cc1ccccc1)NC(N)=O)c1ccc2ccccc2c1. The van der Waals surface area contributed by atoms with Crippen LogP contribution < -0.4 is 16.4 Å². The number of primary amides is 1. The zero-order chi connectivity index (χ0) is 19.2. The Morgan fingerprint density at radius 3 is 2.26 bits per heavy atom. The molecular formula is C22H23N3O2. The van der Waals surface area contributed by atoms with Crippen molar-refractivity contribution >= 4 is 22.7 Å². The molecule has 0 aliphatic carbocycles. The van der Waals surface area contributed by atoms with Gasteiger partial charge in [0.1, 0.15) is 6.04 Å². The maximum absolute atomic E-state index is 12.7. The van der Waals surface area contributed by atoms with E-state index in [1.54, 1.807) is 0 Å². The van der Waals surface area contributed by atoms with Crippen LogP contribution in [0.25, 0.3) is 10.8 Å². The molecule has 0 heterocycles. The zero-order valence-corrected chi connectivity index (χ0v) is 15.2. The Bertz CT molecular complexity index is 940. The molecule has 5 heteroatoms. The molecule has 3 aromatic rings. The molecule has 0 saturated heterocycles. The topological polar surface area (TPSA) is 84.2 Å². The van der Waals surface area contributed by atoms with Gasteiger partial charge in [-0.05, 0) is 34.9 Å². The Labute approximate surface area is 158 Å². The number of benzene rings is 3. The van der Waals surface area contributed by atoms with Crippen molar-refractivity contribution < 1.29 is 9.59 Å². The van der Waals surface area contributed by atoms with Crippen molar-refractivity contribution in [1.82, 2.24) is 10.6 Å². The summed E-state index contributed by atoms with van der Waals surface area (Å²) in [5.74, 6) is -0.265. The molecule has 0 saturated carbocycles. The molecule has 3 rings (SSSR count). The Morgan fingerprint density at radius 2 is 1.56 bits per heavy atom. The first-order chi connectivity index (χ1) is 13.0. The lowest BCUT2D eigenvalue weighted by Crippen LogP contribution is -2.50. The van der Waals surface area contributed by atoms with Crippen LogP contribution in [0.1, 0.15) is 24.1 Å². The largest absolute Gasteiger partial charge is 0.352 e. The Balaban J connectivity index is 1.73. The Morgan fingerprint density at radius 1 is 0.889 bits per heavy atom. The number of rotatable bonds is 6. The second-order valence-electron chi connectivity index (χ2n) is 6.59. The fourth-order valence-electron chi connectivity index (χ4n) is 3.11. The third kappa shape index (κ3) is 4.85. The molecule has 4 N–H and O–H groups in total. The summed E-state index contributed by atoms with van der Waals surface area (Å²) >= 11 is 0. The molecule has 3 amide bonds. The van der Waals surface area contributed by atoms with Crippen molar-refractivity contribution in [2.45, 2.75) is 25.4 Å². The number of urea groups is 1. The van der Waals surface area contributed by atoms with E-state index in [4.69, 9.17) is 5.73 Å². The molecule has 27 heavy (non-hydrogen) atoms. The molecule has 2 atom stereocenters. The second-order valence-corrected chi connectivity index (χ2v) is 6.59. The highest BCUT2D eigenvalue weighted by Crippen LogP contribution is 2.20. The number of nitrogens with one attached hydrogen (secondary N) is 2. The number of hydrogen-bond donors (Lipinski definition) is 3. The van der Waals surface area contributed by atoms with Gasteiger partial charge < -0.3 is 16.4 Å². The van der Waals surface area contributed by atoms with E-state index in [9.17, 15) is 9.59 Å². The van der Waals surface area contributed by atoms with E-state index in [0.29, 0.717) is 6.42 Å². The highest BCUT2D eigenvalue weighted by Gasteiger charge is 2.22. The van der Waals surface area contributed by atoms with E-state index < -0.39 is 12.1 Å². The quantitative estimate of drug-likeness (QED) is 0.629. The average Bonchev–Trinajstić information content (AvgIpc) is 2.67. The lowest BCUT2D eigenvalue weighted by molar-refractivity contribution is -0.123. The lowest BCUT2D eigenvalue weighted by atomic mass is 10.0. The first kappa shape index (κ1) is 18.5. The molecule has 0 radical (unpaired) electrons. The number of nitrogens with two attached hydrogens (primary N) is 1. The maximum Gasteiger partial charge on any atom is 0.312 e. The normalized spacial score (nSPS) is 12.9. The predicted octanol–water partition coefficient (Wildman–Crippen LogP) is 3.30. The molecule has 0 aliphatic rings. The van der Waals surface area contributed by atoms with Crippen LogP contribution >= 0.6 is 0 Å². The van der Waals surface area contributed by atoms with Crippen molar-refractivity contribution in [1.29, 1.82) is 0 Å². The highest BCUT2D eigenvalue weighted by molar-refractivity contribution is 5.87. The molecule has 5 nitrogen and oxygen atoms in total. The van der Waals surface area contributed by atoms with Gasteiger partial charge in [0.25, 0.3) is 0 Å². The van der Waals surface area contributed by atoms with E-state index in [-0.39, 0.29) is 11.9 Å². The van der Waals surface area contributed by atoms with Crippen molar-refractivity contribution in [2.24, 2.45) is 5.73 Å². The zero-order valence-electron chi connectivity index (χ0n) is 15.2. The Hall–Kier alpha value is -3.34. The van der Waals surface area contributed by atoms with Gasteiger partial charge in [-0.3, -0.25) is 4.79 Å². The summed E-state index contributed by atoms with van der Waals surface area (Å²) in [6.07, 6.45) is 0.375. The van der Waals surface area contributed by atoms with Crippen LogP contribution in [0.2, 0.25) is 0 Å². The van der Waals surface area contributed by atoms with Gasteiger partial charge in [0.2, 0.25) is 5.91 Å². The first-order valence-electron chi connectivity index (χ1n) is 8.92. The summed E-state index contributed by atoms with van der Waals surface area (Å²) < 4.78 is 0. The van der Waals surface area contributed by atoms with Gasteiger partial charge in [0.15, 0.2) is 0 Å². The first-order valence-corrected chi connectivity index (χ1v) is 8.92. The fourth-order valence-corrected chi connectivity index (χ4v) is 3.11. The fraction of sp³-hybridized carbons (Fsp3) is 0.182. The number of fused-ring (bicyclic) bond motifs is 1. The van der Waals surface area contributed by atoms with E-state index in [1.807, 2.05) is 67.6 Å². The molecule has 3 aromatic carbocycles. The molecule has 0 spiro atoms. The van der Waals surface area contributed by atoms with E-state index in [1.165, 1.54) is 0 Å². The number of carbonyl (C=O) groups excluding carboxylic acids is 2. The summed E-state index contributed by atoms with van der Waals surface area (Å²) in [5.41, 5.74) is 7.21. The number of hydrogen-bond acceptors (Lipinski definition) is 2. The summed E-state index contributed by atoms with van der Waals surface area (Å²) in [7, 11) is 0. The van der Waals surface area contributed by atoms with Gasteiger partial charge in [-0.25, -0.2) is 4.79 Å². The summed E-state index contributed by atoms with van der Waals surface area (Å²) in [4.78, 5) is 24.1. The lowest BCUT2D eigenvalue weighted by Gasteiger charge is -2.21. The Kier molecular flexibility index (Phi) is 5.71. The monoisotopic (exact) mass is 361 g/mol. The smallest absolute Gasteiger partial charge is 0.312 e. The third-order valence-electron chi connectivity index (χ3n) is 4.55. The highest BCUT2D eigenvalue weighted by atomic mass is 16.2. The number of carbonyl (C=O) groups is 2. The molecule has 2 unspecified atom stereocenters. The molecular weight excluding hydrogens is 338 g/mol. The van der Waals surface area contributed by atoms with Crippen molar-refractivity contribution in [2.75, 3.05) is 0 Å². The van der Waals surface area contributed by atoms with Gasteiger partial charge in [0, 0.05) is 6.42 Å². The van der Waals surface area contributed by atoms with Crippen LogP contribution in [-0.4, -0.2) is 18.0 Å². The van der Waals surface area contributed by atoms with Crippen molar-refractivity contribution in [3.05, 3.63) is 83.9 Å². The minimum atomic E-state index is -0.729. The van der Waals surface area contributed by atoms with E-state index in [0.717, 1.165) is 21.9 Å². The van der Waals surface area contributed by atoms with Gasteiger partial charge in [-0.1, -0.05) is 66.7 Å². The van der Waals surface area contributed by atoms with Gasteiger partial charge in [0.05, 0.1) is 6.04 Å². The average molecular weight is 361 g/mol. The van der Waals surface area contributed by atoms with Crippen LogP contribution in [0.4, 0.5) is 4.79 Å². The summed E-state index contributed by atoms with van der Waals surface area (Å²) in [6.45, 7) is 1.92. The van der Waals surface area contributed by atoms with Crippen LogP contribution in [0.15, 0.2) is 72.8 Å². The predicted molar refractivity (Wildman–Crippen MR) is 107 cm³/mol. The van der Waals surface area contributed by atoms with Crippen LogP contribution in [0, 0.1) is 0 Å². The molecule has 0 bridgehead atoms. The second kappa shape index (κ2) is 8.36. The summed E-state index contributed by atoms with van der Waals surface area (Å²) in [5, 5.41) is 7.79. The van der Waals surface area contributed by atoms with Crippen LogP contribution in [-0.2, 0) is 11.2 Å². The number of amides is 3. The maximum atomic E-state index is 12.7. The van der Waals surface area contributed by atoms with Gasteiger partial charge in [-0.15, -0.1) is 0 Å². The van der Waals surface area contributed by atoms with Gasteiger partial charge >= 0.3 is 6.03 Å². The molecule has 0 aromatic heterocycles. The molecule has 138 valence electrons. The third-order valence-corrected chi connectivity index (χ3v) is 4.55. The van der Waals surface area contributed by atoms with Crippen LogP contribution in [0.5, 0.6) is 0 Å². The van der Waals surface area contributed by atoms with Crippen molar-refractivity contribution in [3.8, 4) is 0 Å². The minimum absolute atomic E-state index is 0.199. The minimum Gasteiger partial charge on any atom is -0.352 e. The molecule has 0 aliphatic heterocycles.